The summed E-state index contributed by atoms with van der Waals surface area (Å²) in [6.45, 7) is 5.14. The number of benzene rings is 2. The predicted octanol–water partition coefficient (Wildman–Crippen LogP) is 4.44. The third-order valence-corrected chi connectivity index (χ3v) is 5.52. The number of hydrogen-bond donors (Lipinski definition) is 0. The molecule has 0 N–H and O–H groups in total. The third kappa shape index (κ3) is 2.95. The molecule has 144 valence electrons. The summed E-state index contributed by atoms with van der Waals surface area (Å²) in [7, 11) is 0. The van der Waals surface area contributed by atoms with Crippen LogP contribution in [0.5, 0.6) is 0 Å². The fourth-order valence-corrected chi connectivity index (χ4v) is 3.94. The standard InChI is InChI=1S/C24H22N4O/c1-17-9-11-19(12-10-17)28-23(26-13-5-6-14-26)21-15-27(16-22(21)25-28)24(29)20-8-4-3-7-18(20)2/h3-14H,15-16H2,1-2H3. The molecule has 4 aromatic rings. The number of amides is 1. The van der Waals surface area contributed by atoms with E-state index >= 15 is 0 Å². The minimum Gasteiger partial charge on any atom is -0.328 e. The van der Waals surface area contributed by atoms with E-state index in [2.05, 4.69) is 35.8 Å². The first-order valence-electron chi connectivity index (χ1n) is 9.78. The maximum absolute atomic E-state index is 13.1. The van der Waals surface area contributed by atoms with Crippen LogP contribution in [0.3, 0.4) is 0 Å². The summed E-state index contributed by atoms with van der Waals surface area (Å²) in [6, 6.07) is 20.1. The molecule has 0 atom stereocenters. The smallest absolute Gasteiger partial charge is 0.254 e. The van der Waals surface area contributed by atoms with Crippen molar-refractivity contribution in [1.82, 2.24) is 19.2 Å². The van der Waals surface area contributed by atoms with Crippen molar-refractivity contribution in [3.63, 3.8) is 0 Å². The molecule has 0 radical (unpaired) electrons. The molecule has 2 aromatic heterocycles. The molecule has 5 nitrogen and oxygen atoms in total. The van der Waals surface area contributed by atoms with Gasteiger partial charge in [-0.15, -0.1) is 0 Å². The molecule has 0 bridgehead atoms. The largest absolute Gasteiger partial charge is 0.328 e. The molecule has 3 heterocycles. The lowest BCUT2D eigenvalue weighted by molar-refractivity contribution is 0.0748. The predicted molar refractivity (Wildman–Crippen MR) is 112 cm³/mol. The van der Waals surface area contributed by atoms with Gasteiger partial charge in [-0.05, 0) is 49.7 Å². The molecule has 0 unspecified atom stereocenters. The third-order valence-electron chi connectivity index (χ3n) is 5.52. The summed E-state index contributed by atoms with van der Waals surface area (Å²) in [6.07, 6.45) is 4.04. The first-order valence-corrected chi connectivity index (χ1v) is 9.78. The van der Waals surface area contributed by atoms with Crippen molar-refractivity contribution in [3.8, 4) is 11.5 Å². The fourth-order valence-electron chi connectivity index (χ4n) is 3.94. The second kappa shape index (κ2) is 6.78. The Kier molecular flexibility index (Phi) is 4.09. The number of carbonyl (C=O) groups is 1. The summed E-state index contributed by atoms with van der Waals surface area (Å²) >= 11 is 0. The molecular weight excluding hydrogens is 360 g/mol. The van der Waals surface area contributed by atoms with E-state index < -0.39 is 0 Å². The van der Waals surface area contributed by atoms with E-state index in [0.717, 1.165) is 33.9 Å². The summed E-state index contributed by atoms with van der Waals surface area (Å²) < 4.78 is 4.06. The number of nitrogens with zero attached hydrogens (tertiary/aromatic N) is 4. The molecule has 0 saturated carbocycles. The van der Waals surface area contributed by atoms with Crippen molar-refractivity contribution in [1.29, 1.82) is 0 Å². The number of aromatic nitrogens is 3. The van der Waals surface area contributed by atoms with Crippen LogP contribution >= 0.6 is 0 Å². The Balaban J connectivity index is 1.55. The molecule has 5 heteroatoms. The van der Waals surface area contributed by atoms with E-state index in [1.165, 1.54) is 5.56 Å². The van der Waals surface area contributed by atoms with Crippen LogP contribution in [0.2, 0.25) is 0 Å². The molecule has 29 heavy (non-hydrogen) atoms. The van der Waals surface area contributed by atoms with E-state index in [9.17, 15) is 4.79 Å². The molecule has 0 spiro atoms. The van der Waals surface area contributed by atoms with Crippen molar-refractivity contribution >= 4 is 5.91 Å². The van der Waals surface area contributed by atoms with Crippen LogP contribution in [0.4, 0.5) is 0 Å². The number of fused-ring (bicyclic) bond motifs is 1. The lowest BCUT2D eigenvalue weighted by atomic mass is 10.1. The van der Waals surface area contributed by atoms with Gasteiger partial charge in [0.05, 0.1) is 24.5 Å². The summed E-state index contributed by atoms with van der Waals surface area (Å²) in [4.78, 5) is 15.0. The van der Waals surface area contributed by atoms with Crippen molar-refractivity contribution < 1.29 is 4.79 Å². The van der Waals surface area contributed by atoms with Gasteiger partial charge in [-0.3, -0.25) is 4.79 Å². The molecule has 2 aromatic carbocycles. The highest BCUT2D eigenvalue weighted by molar-refractivity contribution is 5.96. The Bertz CT molecular complexity index is 1190. The lowest BCUT2D eigenvalue weighted by Crippen LogP contribution is -2.27. The molecule has 5 rings (SSSR count). The molecule has 1 amide bonds. The Morgan fingerprint density at radius 1 is 0.897 bits per heavy atom. The molecule has 1 aliphatic heterocycles. The molecule has 0 saturated heterocycles. The molecule has 0 fully saturated rings. The normalized spacial score (nSPS) is 13.0. The zero-order valence-electron chi connectivity index (χ0n) is 16.5. The van der Waals surface area contributed by atoms with Gasteiger partial charge in [0.2, 0.25) is 0 Å². The zero-order chi connectivity index (χ0) is 20.0. The van der Waals surface area contributed by atoms with E-state index in [-0.39, 0.29) is 5.91 Å². The minimum absolute atomic E-state index is 0.0569. The summed E-state index contributed by atoms with van der Waals surface area (Å²) in [5.74, 6) is 1.05. The van der Waals surface area contributed by atoms with Crippen molar-refractivity contribution in [3.05, 3.63) is 101 Å². The molecule has 0 aliphatic carbocycles. The van der Waals surface area contributed by atoms with Crippen LogP contribution < -0.4 is 0 Å². The van der Waals surface area contributed by atoms with Gasteiger partial charge in [-0.25, -0.2) is 4.68 Å². The van der Waals surface area contributed by atoms with Crippen LogP contribution in [0.1, 0.15) is 32.7 Å². The summed E-state index contributed by atoms with van der Waals surface area (Å²) in [5.41, 5.74) is 6.04. The van der Waals surface area contributed by atoms with Crippen LogP contribution in [0.25, 0.3) is 11.5 Å². The number of aryl methyl sites for hydroxylation is 2. The van der Waals surface area contributed by atoms with Crippen LogP contribution in [-0.4, -0.2) is 25.2 Å². The van der Waals surface area contributed by atoms with Gasteiger partial charge in [0.15, 0.2) is 0 Å². The topological polar surface area (TPSA) is 43.1 Å². The van der Waals surface area contributed by atoms with Gasteiger partial charge in [0.1, 0.15) is 5.82 Å². The lowest BCUT2D eigenvalue weighted by Gasteiger charge is -2.18. The van der Waals surface area contributed by atoms with Gasteiger partial charge < -0.3 is 9.47 Å². The number of hydrogen-bond acceptors (Lipinski definition) is 2. The van der Waals surface area contributed by atoms with E-state index in [0.29, 0.717) is 13.1 Å². The van der Waals surface area contributed by atoms with Gasteiger partial charge in [0, 0.05) is 23.5 Å². The van der Waals surface area contributed by atoms with E-state index in [1.807, 2.05) is 65.3 Å². The first-order chi connectivity index (χ1) is 14.1. The van der Waals surface area contributed by atoms with E-state index in [4.69, 9.17) is 5.10 Å². The fraction of sp³-hybridized carbons (Fsp3) is 0.167. The van der Waals surface area contributed by atoms with Crippen molar-refractivity contribution in [2.24, 2.45) is 0 Å². The second-order valence-corrected chi connectivity index (χ2v) is 7.56. The monoisotopic (exact) mass is 382 g/mol. The highest BCUT2D eigenvalue weighted by Crippen LogP contribution is 2.31. The Labute approximate surface area is 169 Å². The highest BCUT2D eigenvalue weighted by atomic mass is 16.2. The van der Waals surface area contributed by atoms with Gasteiger partial charge in [-0.2, -0.15) is 5.10 Å². The zero-order valence-corrected chi connectivity index (χ0v) is 16.5. The maximum Gasteiger partial charge on any atom is 0.254 e. The van der Waals surface area contributed by atoms with Crippen LogP contribution in [0, 0.1) is 13.8 Å². The average molecular weight is 382 g/mol. The minimum atomic E-state index is 0.0569. The maximum atomic E-state index is 13.1. The van der Waals surface area contributed by atoms with Crippen LogP contribution in [0.15, 0.2) is 73.1 Å². The number of carbonyl (C=O) groups excluding carboxylic acids is 1. The molecular formula is C24H22N4O. The second-order valence-electron chi connectivity index (χ2n) is 7.56. The molecule has 1 aliphatic rings. The van der Waals surface area contributed by atoms with Gasteiger partial charge in [0.25, 0.3) is 5.91 Å². The SMILES string of the molecule is Cc1ccc(-n2nc3c(c2-n2cccc2)CN(C(=O)c2ccccc2C)C3)cc1. The Hall–Kier alpha value is -3.60. The first kappa shape index (κ1) is 17.5. The van der Waals surface area contributed by atoms with E-state index in [1.54, 1.807) is 0 Å². The average Bonchev–Trinajstić information content (AvgIpc) is 3.44. The highest BCUT2D eigenvalue weighted by Gasteiger charge is 2.32. The van der Waals surface area contributed by atoms with Gasteiger partial charge in [-0.1, -0.05) is 35.9 Å². The van der Waals surface area contributed by atoms with Crippen molar-refractivity contribution in [2.45, 2.75) is 26.9 Å². The Morgan fingerprint density at radius 2 is 1.62 bits per heavy atom. The summed E-state index contributed by atoms with van der Waals surface area (Å²) in [5, 5.41) is 4.90. The quantitative estimate of drug-likeness (QED) is 0.526. The van der Waals surface area contributed by atoms with Gasteiger partial charge >= 0.3 is 0 Å². The van der Waals surface area contributed by atoms with Crippen molar-refractivity contribution in [2.75, 3.05) is 0 Å². The van der Waals surface area contributed by atoms with Crippen LogP contribution in [-0.2, 0) is 13.1 Å². The Morgan fingerprint density at radius 3 is 2.34 bits per heavy atom. The number of rotatable bonds is 3.